The number of phenols is 1. The SMILES string of the molecule is CC(C)(C)N(C(=O)O)[C@H](C(=O)N1CCC[C@H]1C(=O)N[C@@H]1CCCc2ccccc21)c1ccc(O)cc1. The second-order valence-corrected chi connectivity index (χ2v) is 10.7. The van der Waals surface area contributed by atoms with Gasteiger partial charge in [-0.3, -0.25) is 14.5 Å². The number of phenolic OH excluding ortho intramolecular Hbond substituents is 1. The molecule has 0 radical (unpaired) electrons. The summed E-state index contributed by atoms with van der Waals surface area (Å²) in [6, 6.07) is 12.2. The Kier molecular flexibility index (Phi) is 7.24. The number of carbonyl (C=O) groups excluding carboxylic acids is 2. The van der Waals surface area contributed by atoms with Gasteiger partial charge in [-0.1, -0.05) is 36.4 Å². The third kappa shape index (κ3) is 5.17. The lowest BCUT2D eigenvalue weighted by Gasteiger charge is -2.41. The number of benzene rings is 2. The van der Waals surface area contributed by atoms with Gasteiger partial charge >= 0.3 is 6.09 Å². The lowest BCUT2D eigenvalue weighted by atomic mass is 9.87. The largest absolute Gasteiger partial charge is 0.508 e. The van der Waals surface area contributed by atoms with Gasteiger partial charge in [-0.15, -0.1) is 0 Å². The summed E-state index contributed by atoms with van der Waals surface area (Å²) in [7, 11) is 0. The zero-order valence-electron chi connectivity index (χ0n) is 21.1. The second kappa shape index (κ2) is 10.2. The molecule has 1 heterocycles. The number of hydrogen-bond donors (Lipinski definition) is 3. The summed E-state index contributed by atoms with van der Waals surface area (Å²) in [5, 5.41) is 23.0. The van der Waals surface area contributed by atoms with Crippen LogP contribution in [0.25, 0.3) is 0 Å². The van der Waals surface area contributed by atoms with Crippen LogP contribution in [0.3, 0.4) is 0 Å². The molecule has 8 heteroatoms. The predicted octanol–water partition coefficient (Wildman–Crippen LogP) is 4.40. The first-order valence-corrected chi connectivity index (χ1v) is 12.6. The van der Waals surface area contributed by atoms with Crippen LogP contribution in [-0.2, 0) is 16.0 Å². The van der Waals surface area contributed by atoms with E-state index in [1.807, 2.05) is 18.2 Å². The maximum Gasteiger partial charge on any atom is 0.408 e. The summed E-state index contributed by atoms with van der Waals surface area (Å²) in [6.45, 7) is 5.58. The first-order chi connectivity index (χ1) is 17.1. The summed E-state index contributed by atoms with van der Waals surface area (Å²) in [5.41, 5.74) is 1.93. The second-order valence-electron chi connectivity index (χ2n) is 10.7. The van der Waals surface area contributed by atoms with Gasteiger partial charge in [0.05, 0.1) is 6.04 Å². The Hall–Kier alpha value is -3.55. The summed E-state index contributed by atoms with van der Waals surface area (Å²) in [4.78, 5) is 42.5. The van der Waals surface area contributed by atoms with E-state index in [0.29, 0.717) is 24.9 Å². The molecular formula is C28H35N3O5. The van der Waals surface area contributed by atoms with Gasteiger partial charge in [0.15, 0.2) is 0 Å². The highest BCUT2D eigenvalue weighted by atomic mass is 16.4. The number of nitrogens with zero attached hydrogens (tertiary/aromatic N) is 2. The van der Waals surface area contributed by atoms with Crippen LogP contribution in [0.4, 0.5) is 4.79 Å². The molecule has 0 unspecified atom stereocenters. The molecule has 1 aliphatic heterocycles. The average molecular weight is 494 g/mol. The van der Waals surface area contributed by atoms with Gasteiger partial charge in [0.1, 0.15) is 17.8 Å². The number of carboxylic acid groups (broad SMARTS) is 1. The highest BCUT2D eigenvalue weighted by Crippen LogP contribution is 2.34. The number of rotatable bonds is 5. The Labute approximate surface area is 211 Å². The first kappa shape index (κ1) is 25.5. The van der Waals surface area contributed by atoms with Crippen molar-refractivity contribution in [3.8, 4) is 5.75 Å². The van der Waals surface area contributed by atoms with Crippen LogP contribution in [0.1, 0.15) is 75.2 Å². The normalized spacial score (nSPS) is 20.4. The molecular weight excluding hydrogens is 458 g/mol. The average Bonchev–Trinajstić information content (AvgIpc) is 3.32. The van der Waals surface area contributed by atoms with Crippen molar-refractivity contribution < 1.29 is 24.6 Å². The van der Waals surface area contributed by atoms with E-state index < -0.39 is 29.6 Å². The van der Waals surface area contributed by atoms with Gasteiger partial charge in [0, 0.05) is 12.1 Å². The number of amides is 3. The molecule has 0 bridgehead atoms. The smallest absolute Gasteiger partial charge is 0.408 e. The van der Waals surface area contributed by atoms with Crippen molar-refractivity contribution in [1.29, 1.82) is 0 Å². The summed E-state index contributed by atoms with van der Waals surface area (Å²) >= 11 is 0. The molecule has 0 spiro atoms. The van der Waals surface area contributed by atoms with Crippen molar-refractivity contribution in [3.63, 3.8) is 0 Å². The molecule has 36 heavy (non-hydrogen) atoms. The van der Waals surface area contributed by atoms with E-state index in [1.54, 1.807) is 32.9 Å². The van der Waals surface area contributed by atoms with Gasteiger partial charge in [-0.05, 0) is 81.7 Å². The fourth-order valence-corrected chi connectivity index (χ4v) is 5.48. The number of nitrogens with one attached hydrogen (secondary N) is 1. The van der Waals surface area contributed by atoms with Crippen LogP contribution in [0.15, 0.2) is 48.5 Å². The molecule has 0 aromatic heterocycles. The number of carbonyl (C=O) groups is 3. The Morgan fingerprint density at radius 1 is 1.03 bits per heavy atom. The molecule has 0 saturated carbocycles. The minimum absolute atomic E-state index is 0.0220. The van der Waals surface area contributed by atoms with Crippen LogP contribution < -0.4 is 5.32 Å². The Morgan fingerprint density at radius 2 is 1.72 bits per heavy atom. The van der Waals surface area contributed by atoms with E-state index in [2.05, 4.69) is 11.4 Å². The molecule has 2 aromatic carbocycles. The van der Waals surface area contributed by atoms with E-state index in [9.17, 15) is 24.6 Å². The molecule has 8 nitrogen and oxygen atoms in total. The van der Waals surface area contributed by atoms with Crippen LogP contribution in [0, 0.1) is 0 Å². The summed E-state index contributed by atoms with van der Waals surface area (Å²) in [6.07, 6.45) is 2.77. The zero-order valence-corrected chi connectivity index (χ0v) is 21.1. The highest BCUT2D eigenvalue weighted by Gasteiger charge is 2.44. The van der Waals surface area contributed by atoms with E-state index >= 15 is 0 Å². The van der Waals surface area contributed by atoms with Crippen molar-refractivity contribution in [2.24, 2.45) is 0 Å². The molecule has 3 atom stereocenters. The number of aromatic hydroxyl groups is 1. The van der Waals surface area contributed by atoms with Crippen molar-refractivity contribution in [2.75, 3.05) is 6.54 Å². The topological polar surface area (TPSA) is 110 Å². The van der Waals surface area contributed by atoms with Crippen LogP contribution in [-0.4, -0.2) is 56.0 Å². The predicted molar refractivity (Wildman–Crippen MR) is 135 cm³/mol. The molecule has 2 aliphatic rings. The molecule has 4 rings (SSSR count). The van der Waals surface area contributed by atoms with Crippen molar-refractivity contribution in [2.45, 2.75) is 76.5 Å². The molecule has 1 saturated heterocycles. The fraction of sp³-hybridized carbons (Fsp3) is 0.464. The third-order valence-corrected chi connectivity index (χ3v) is 7.15. The quantitative estimate of drug-likeness (QED) is 0.572. The zero-order chi connectivity index (χ0) is 26.0. The number of aryl methyl sites for hydroxylation is 1. The molecule has 3 N–H and O–H groups in total. The van der Waals surface area contributed by atoms with E-state index in [4.69, 9.17) is 0 Å². The van der Waals surface area contributed by atoms with Gasteiger partial charge in [0.2, 0.25) is 5.91 Å². The number of likely N-dealkylation sites (tertiary alicyclic amines) is 1. The lowest BCUT2D eigenvalue weighted by Crippen LogP contribution is -2.55. The molecule has 192 valence electrons. The molecule has 2 aromatic rings. The van der Waals surface area contributed by atoms with Crippen LogP contribution in [0.2, 0.25) is 0 Å². The van der Waals surface area contributed by atoms with Crippen molar-refractivity contribution in [3.05, 3.63) is 65.2 Å². The maximum atomic E-state index is 14.0. The van der Waals surface area contributed by atoms with Gasteiger partial charge in [0.25, 0.3) is 5.91 Å². The molecule has 3 amide bonds. The Balaban J connectivity index is 1.62. The number of hydrogen-bond acceptors (Lipinski definition) is 4. The Bertz CT molecular complexity index is 1120. The summed E-state index contributed by atoms with van der Waals surface area (Å²) in [5.74, 6) is -0.613. The van der Waals surface area contributed by atoms with Crippen molar-refractivity contribution in [1.82, 2.24) is 15.1 Å². The first-order valence-electron chi connectivity index (χ1n) is 12.6. The van der Waals surface area contributed by atoms with E-state index in [-0.39, 0.29) is 17.7 Å². The monoisotopic (exact) mass is 493 g/mol. The van der Waals surface area contributed by atoms with E-state index in [1.165, 1.54) is 22.6 Å². The van der Waals surface area contributed by atoms with Gasteiger partial charge in [-0.25, -0.2) is 4.79 Å². The van der Waals surface area contributed by atoms with Crippen molar-refractivity contribution >= 4 is 17.9 Å². The van der Waals surface area contributed by atoms with Crippen LogP contribution >= 0.6 is 0 Å². The highest BCUT2D eigenvalue weighted by molar-refractivity contribution is 5.92. The summed E-state index contributed by atoms with van der Waals surface area (Å²) < 4.78 is 0. The van der Waals surface area contributed by atoms with Crippen LogP contribution in [0.5, 0.6) is 5.75 Å². The Morgan fingerprint density at radius 3 is 2.39 bits per heavy atom. The fourth-order valence-electron chi connectivity index (χ4n) is 5.48. The minimum atomic E-state index is -1.23. The van der Waals surface area contributed by atoms with Gasteiger partial charge in [-0.2, -0.15) is 0 Å². The standard InChI is InChI=1S/C28H35N3O5/c1-28(2,3)31(27(35)36)24(19-13-15-20(32)16-14-19)26(34)30-17-7-12-23(30)25(33)29-22-11-6-9-18-8-4-5-10-21(18)22/h4-5,8,10,13-16,22-24,32H,6-7,9,11-12,17H2,1-3H3,(H,29,33)(H,35,36)/t22-,23+,24+/m1/s1. The minimum Gasteiger partial charge on any atom is -0.508 e. The molecule has 1 fully saturated rings. The maximum absolute atomic E-state index is 14.0. The lowest BCUT2D eigenvalue weighted by molar-refractivity contribution is -0.144. The third-order valence-electron chi connectivity index (χ3n) is 7.15. The van der Waals surface area contributed by atoms with E-state index in [0.717, 1.165) is 29.7 Å². The van der Waals surface area contributed by atoms with Gasteiger partial charge < -0.3 is 20.4 Å². The molecule has 1 aliphatic carbocycles. The number of fused-ring (bicyclic) bond motifs is 1.